The van der Waals surface area contributed by atoms with Gasteiger partial charge in [0, 0.05) is 20.3 Å². The van der Waals surface area contributed by atoms with Gasteiger partial charge < -0.3 is 4.90 Å². The monoisotopic (exact) mass is 138 g/mol. The van der Waals surface area contributed by atoms with Crippen LogP contribution in [-0.2, 0) is 0 Å². The first-order chi connectivity index (χ1) is 4.79. The highest BCUT2D eigenvalue weighted by molar-refractivity contribution is 5.59. The molecule has 4 nitrogen and oxygen atoms in total. The first-order valence-corrected chi connectivity index (χ1v) is 2.98. The average molecular weight is 138 g/mol. The molecule has 0 atom stereocenters. The SMILES string of the molecule is CN(C)/C=N/c1cn[nH]c1. The van der Waals surface area contributed by atoms with Crippen LogP contribution in [-0.4, -0.2) is 35.5 Å². The zero-order chi connectivity index (χ0) is 7.40. The van der Waals surface area contributed by atoms with Gasteiger partial charge in [-0.2, -0.15) is 5.10 Å². The highest BCUT2D eigenvalue weighted by Gasteiger charge is 1.85. The molecular weight excluding hydrogens is 128 g/mol. The summed E-state index contributed by atoms with van der Waals surface area (Å²) in [5.74, 6) is 0. The molecule has 1 heterocycles. The maximum atomic E-state index is 4.07. The Bertz CT molecular complexity index is 200. The second-order valence-electron chi connectivity index (χ2n) is 2.16. The van der Waals surface area contributed by atoms with Crippen molar-refractivity contribution in [3.05, 3.63) is 12.4 Å². The molecule has 1 rings (SSSR count). The molecule has 0 saturated heterocycles. The van der Waals surface area contributed by atoms with E-state index in [-0.39, 0.29) is 0 Å². The second-order valence-corrected chi connectivity index (χ2v) is 2.16. The molecule has 0 aliphatic carbocycles. The van der Waals surface area contributed by atoms with Crippen molar-refractivity contribution in [3.8, 4) is 0 Å². The van der Waals surface area contributed by atoms with E-state index in [1.807, 2.05) is 19.0 Å². The molecule has 0 bridgehead atoms. The van der Waals surface area contributed by atoms with Crippen molar-refractivity contribution < 1.29 is 0 Å². The number of H-pyrrole nitrogens is 1. The van der Waals surface area contributed by atoms with Gasteiger partial charge >= 0.3 is 0 Å². The lowest BCUT2D eigenvalue weighted by atomic mass is 10.6. The summed E-state index contributed by atoms with van der Waals surface area (Å²) in [6, 6.07) is 0. The summed E-state index contributed by atoms with van der Waals surface area (Å²) in [4.78, 5) is 5.94. The normalized spacial score (nSPS) is 10.6. The van der Waals surface area contributed by atoms with Crippen LogP contribution >= 0.6 is 0 Å². The van der Waals surface area contributed by atoms with Crippen LogP contribution in [0.1, 0.15) is 0 Å². The number of aliphatic imine (C=N–C) groups is 1. The molecule has 1 N–H and O–H groups in total. The van der Waals surface area contributed by atoms with Crippen LogP contribution < -0.4 is 0 Å². The molecule has 0 spiro atoms. The van der Waals surface area contributed by atoms with Crippen molar-refractivity contribution in [2.75, 3.05) is 14.1 Å². The van der Waals surface area contributed by atoms with Crippen molar-refractivity contribution in [1.29, 1.82) is 0 Å². The van der Waals surface area contributed by atoms with E-state index in [4.69, 9.17) is 0 Å². The van der Waals surface area contributed by atoms with Crippen LogP contribution in [0.15, 0.2) is 17.4 Å². The smallest absolute Gasteiger partial charge is 0.102 e. The molecule has 54 valence electrons. The predicted octanol–water partition coefficient (Wildman–Crippen LogP) is 0.631. The van der Waals surface area contributed by atoms with Gasteiger partial charge in [-0.15, -0.1) is 0 Å². The summed E-state index contributed by atoms with van der Waals surface area (Å²) in [6.07, 6.45) is 5.13. The first-order valence-electron chi connectivity index (χ1n) is 2.98. The molecule has 0 aromatic carbocycles. The Kier molecular flexibility index (Phi) is 2.04. The van der Waals surface area contributed by atoms with E-state index in [2.05, 4.69) is 15.2 Å². The quantitative estimate of drug-likeness (QED) is 0.481. The van der Waals surface area contributed by atoms with Crippen molar-refractivity contribution in [2.45, 2.75) is 0 Å². The van der Waals surface area contributed by atoms with E-state index in [1.54, 1.807) is 18.7 Å². The fourth-order valence-corrected chi connectivity index (χ4v) is 0.497. The number of hydrogen-bond donors (Lipinski definition) is 1. The van der Waals surface area contributed by atoms with Gasteiger partial charge in [0.2, 0.25) is 0 Å². The van der Waals surface area contributed by atoms with Crippen LogP contribution in [0, 0.1) is 0 Å². The van der Waals surface area contributed by atoms with E-state index in [1.165, 1.54) is 0 Å². The summed E-state index contributed by atoms with van der Waals surface area (Å²) < 4.78 is 0. The highest BCUT2D eigenvalue weighted by Crippen LogP contribution is 2.04. The molecule has 0 saturated carbocycles. The van der Waals surface area contributed by atoms with Crippen LogP contribution in [0.25, 0.3) is 0 Å². The number of nitrogens with zero attached hydrogens (tertiary/aromatic N) is 3. The molecule has 4 heteroatoms. The topological polar surface area (TPSA) is 44.3 Å². The zero-order valence-corrected chi connectivity index (χ0v) is 6.07. The lowest BCUT2D eigenvalue weighted by molar-refractivity contribution is 0.643. The van der Waals surface area contributed by atoms with Crippen LogP contribution in [0.3, 0.4) is 0 Å². The minimum atomic E-state index is 0.841. The third-order valence-corrected chi connectivity index (χ3v) is 0.922. The Balaban J connectivity index is 2.55. The van der Waals surface area contributed by atoms with Crippen molar-refractivity contribution in [1.82, 2.24) is 15.1 Å². The predicted molar refractivity (Wildman–Crippen MR) is 40.4 cm³/mol. The average Bonchev–Trinajstić information content (AvgIpc) is 2.34. The van der Waals surface area contributed by atoms with Gasteiger partial charge in [0.1, 0.15) is 5.69 Å². The van der Waals surface area contributed by atoms with E-state index in [9.17, 15) is 0 Å². The summed E-state index contributed by atoms with van der Waals surface area (Å²) in [5, 5.41) is 6.41. The van der Waals surface area contributed by atoms with Crippen LogP contribution in [0.4, 0.5) is 5.69 Å². The Labute approximate surface area is 59.6 Å². The van der Waals surface area contributed by atoms with Crippen molar-refractivity contribution in [3.63, 3.8) is 0 Å². The van der Waals surface area contributed by atoms with Crippen molar-refractivity contribution in [2.24, 2.45) is 4.99 Å². The van der Waals surface area contributed by atoms with Crippen molar-refractivity contribution >= 4 is 12.0 Å². The number of nitrogens with one attached hydrogen (secondary N) is 1. The second kappa shape index (κ2) is 3.00. The summed E-state index contributed by atoms with van der Waals surface area (Å²) in [6.45, 7) is 0. The van der Waals surface area contributed by atoms with Gasteiger partial charge in [-0.1, -0.05) is 0 Å². The van der Waals surface area contributed by atoms with Gasteiger partial charge in [0.25, 0.3) is 0 Å². The molecule has 1 aromatic rings. The molecule has 0 unspecified atom stereocenters. The van der Waals surface area contributed by atoms with E-state index in [0.29, 0.717) is 0 Å². The van der Waals surface area contributed by atoms with Gasteiger partial charge in [0.05, 0.1) is 12.5 Å². The maximum absolute atomic E-state index is 4.07. The molecule has 1 aromatic heterocycles. The van der Waals surface area contributed by atoms with E-state index < -0.39 is 0 Å². The number of aromatic nitrogens is 2. The van der Waals surface area contributed by atoms with Crippen LogP contribution in [0.5, 0.6) is 0 Å². The Morgan fingerprint density at radius 2 is 2.50 bits per heavy atom. The summed E-state index contributed by atoms with van der Waals surface area (Å²) in [5.41, 5.74) is 0.841. The van der Waals surface area contributed by atoms with Gasteiger partial charge in [-0.25, -0.2) is 4.99 Å². The number of rotatable bonds is 2. The molecule has 0 amide bonds. The Hall–Kier alpha value is -1.32. The van der Waals surface area contributed by atoms with E-state index in [0.717, 1.165) is 5.69 Å². The largest absolute Gasteiger partial charge is 0.369 e. The number of aromatic amines is 1. The van der Waals surface area contributed by atoms with Gasteiger partial charge in [-0.05, 0) is 0 Å². The summed E-state index contributed by atoms with van der Waals surface area (Å²) >= 11 is 0. The first kappa shape index (κ1) is 6.80. The molecular formula is C6H10N4. The lowest BCUT2D eigenvalue weighted by Gasteiger charge is -1.99. The van der Waals surface area contributed by atoms with Gasteiger partial charge in [0.15, 0.2) is 0 Å². The standard InChI is InChI=1S/C6H10N4/c1-10(2)5-7-6-3-8-9-4-6/h3-5H,1-2H3,(H,8,9)/b7-5+. The number of hydrogen-bond acceptors (Lipinski definition) is 2. The third kappa shape index (κ3) is 1.89. The zero-order valence-electron chi connectivity index (χ0n) is 6.07. The third-order valence-electron chi connectivity index (χ3n) is 0.922. The minimum Gasteiger partial charge on any atom is -0.369 e. The Morgan fingerprint density at radius 1 is 1.70 bits per heavy atom. The summed E-state index contributed by atoms with van der Waals surface area (Å²) in [7, 11) is 3.84. The highest BCUT2D eigenvalue weighted by atomic mass is 15.1. The molecule has 0 aliphatic rings. The fourth-order valence-electron chi connectivity index (χ4n) is 0.497. The van der Waals surface area contributed by atoms with E-state index >= 15 is 0 Å². The van der Waals surface area contributed by atoms with Gasteiger partial charge in [-0.3, -0.25) is 5.10 Å². The lowest BCUT2D eigenvalue weighted by Crippen LogP contribution is -2.06. The maximum Gasteiger partial charge on any atom is 0.102 e. The minimum absolute atomic E-state index is 0.841. The molecule has 0 fully saturated rings. The molecule has 10 heavy (non-hydrogen) atoms. The van der Waals surface area contributed by atoms with Crippen LogP contribution in [0.2, 0.25) is 0 Å². The molecule has 0 radical (unpaired) electrons. The fraction of sp³-hybridized carbons (Fsp3) is 0.333. The molecule has 0 aliphatic heterocycles. The Morgan fingerprint density at radius 3 is 3.00 bits per heavy atom.